The molecule has 7 heteroatoms. The summed E-state index contributed by atoms with van der Waals surface area (Å²) in [5, 5.41) is 1.18. The Morgan fingerprint density at radius 2 is 1.82 bits per heavy atom. The number of ether oxygens (including phenoxy) is 4. The highest BCUT2D eigenvalue weighted by Crippen LogP contribution is 2.56. The lowest BCUT2D eigenvalue weighted by molar-refractivity contribution is -0.162. The Bertz CT molecular complexity index is 1380. The molecule has 4 heterocycles. The predicted molar refractivity (Wildman–Crippen MR) is 146 cm³/mol. The van der Waals surface area contributed by atoms with Crippen LogP contribution in [0.1, 0.15) is 48.6 Å². The third-order valence-corrected chi connectivity index (χ3v) is 9.44. The predicted octanol–water partition coefficient (Wildman–Crippen LogP) is 4.87. The molecule has 0 spiro atoms. The summed E-state index contributed by atoms with van der Waals surface area (Å²) in [5.41, 5.74) is 4.92. The van der Waals surface area contributed by atoms with Gasteiger partial charge in [0.2, 0.25) is 0 Å². The molecule has 3 aromatic rings. The van der Waals surface area contributed by atoms with Gasteiger partial charge in [0.1, 0.15) is 11.2 Å². The minimum absolute atomic E-state index is 0.0986. The van der Waals surface area contributed by atoms with Crippen LogP contribution < -0.4 is 14.2 Å². The van der Waals surface area contributed by atoms with Crippen LogP contribution in [0.5, 0.6) is 17.2 Å². The fraction of sp³-hybridized carbons (Fsp3) is 0.516. The molecule has 1 aromatic heterocycles. The Balaban J connectivity index is 1.56. The maximum Gasteiger partial charge on any atom is 0.319 e. The Hall–Kier alpha value is -3.19. The SMILES string of the molecule is CCC1CC2CN3CCc4c([nH]c5ccc(OC)c(Cc6ccc(OC)c(OC)c6)c45)C(C(=O)OC)(C2)C13. The van der Waals surface area contributed by atoms with Crippen molar-refractivity contribution < 1.29 is 23.7 Å². The van der Waals surface area contributed by atoms with Gasteiger partial charge in [-0.1, -0.05) is 19.4 Å². The van der Waals surface area contributed by atoms with Gasteiger partial charge in [-0.2, -0.15) is 0 Å². The molecule has 5 atom stereocenters. The van der Waals surface area contributed by atoms with E-state index < -0.39 is 5.41 Å². The normalized spacial score (nSPS) is 27.5. The molecule has 5 unspecified atom stereocenters. The van der Waals surface area contributed by atoms with Gasteiger partial charge in [0.25, 0.3) is 0 Å². The summed E-state index contributed by atoms with van der Waals surface area (Å²) in [6.07, 6.45) is 4.68. The van der Waals surface area contributed by atoms with Crippen molar-refractivity contribution in [2.45, 2.75) is 50.5 Å². The van der Waals surface area contributed by atoms with Crippen LogP contribution in [-0.4, -0.2) is 63.4 Å². The standard InChI is InChI=1S/C31H38N2O5/c1-6-20-13-19-16-31(30(34)38-5)28-21(11-12-33(17-19)29(20)31)27-22(24(35-2)10-8-23(27)32-28)14-18-7-9-25(36-3)26(15-18)37-4/h7-10,15,19-20,29,32H,6,11-14,16-17H2,1-5H3. The van der Waals surface area contributed by atoms with E-state index in [2.05, 4.69) is 28.9 Å². The second-order valence-electron chi connectivity index (χ2n) is 11.1. The first-order valence-electron chi connectivity index (χ1n) is 13.7. The maximum absolute atomic E-state index is 13.9. The molecule has 0 amide bonds. The first-order chi connectivity index (χ1) is 18.5. The van der Waals surface area contributed by atoms with Gasteiger partial charge < -0.3 is 23.9 Å². The Labute approximate surface area is 224 Å². The number of esters is 1. The molecule has 7 nitrogen and oxygen atoms in total. The highest BCUT2D eigenvalue weighted by molar-refractivity contribution is 5.94. The number of H-pyrrole nitrogens is 1. The van der Waals surface area contributed by atoms with Crippen LogP contribution in [0.25, 0.3) is 10.9 Å². The average Bonchev–Trinajstić information content (AvgIpc) is 3.30. The van der Waals surface area contributed by atoms with Gasteiger partial charge >= 0.3 is 5.97 Å². The van der Waals surface area contributed by atoms with Crippen molar-refractivity contribution >= 4 is 16.9 Å². The first kappa shape index (κ1) is 25.1. The number of aromatic amines is 1. The Morgan fingerprint density at radius 1 is 1.05 bits per heavy atom. The maximum atomic E-state index is 13.9. The second kappa shape index (κ2) is 9.53. The topological polar surface area (TPSA) is 73.0 Å². The highest BCUT2D eigenvalue weighted by atomic mass is 16.5. The summed E-state index contributed by atoms with van der Waals surface area (Å²) in [4.78, 5) is 20.2. The number of nitrogens with one attached hydrogen (secondary N) is 1. The first-order valence-corrected chi connectivity index (χ1v) is 13.7. The summed E-state index contributed by atoms with van der Waals surface area (Å²) in [7, 11) is 6.58. The molecule has 2 aromatic carbocycles. The van der Waals surface area contributed by atoms with Gasteiger partial charge in [0, 0.05) is 47.7 Å². The minimum Gasteiger partial charge on any atom is -0.496 e. The number of hydrogen-bond acceptors (Lipinski definition) is 6. The van der Waals surface area contributed by atoms with Crippen molar-refractivity contribution in [2.75, 3.05) is 41.5 Å². The van der Waals surface area contributed by atoms with E-state index in [9.17, 15) is 4.79 Å². The zero-order valence-corrected chi connectivity index (χ0v) is 23.1. The van der Waals surface area contributed by atoms with Crippen LogP contribution in [0.2, 0.25) is 0 Å². The van der Waals surface area contributed by atoms with E-state index in [0.717, 1.165) is 60.4 Å². The molecule has 1 saturated carbocycles. The van der Waals surface area contributed by atoms with Crippen LogP contribution in [-0.2, 0) is 27.8 Å². The molecular weight excluding hydrogens is 480 g/mol. The molecule has 4 bridgehead atoms. The number of nitrogens with zero attached hydrogens (tertiary/aromatic N) is 1. The van der Waals surface area contributed by atoms with Crippen LogP contribution in [0.15, 0.2) is 30.3 Å². The molecular formula is C31H38N2O5. The lowest BCUT2D eigenvalue weighted by Gasteiger charge is -2.57. The Morgan fingerprint density at radius 3 is 2.53 bits per heavy atom. The monoisotopic (exact) mass is 518 g/mol. The fourth-order valence-electron chi connectivity index (χ4n) is 8.03. The summed E-state index contributed by atoms with van der Waals surface area (Å²) in [6.45, 7) is 4.29. The van der Waals surface area contributed by atoms with Crippen molar-refractivity contribution in [3.8, 4) is 17.2 Å². The molecule has 0 radical (unpaired) electrons. The zero-order chi connectivity index (χ0) is 26.6. The van der Waals surface area contributed by atoms with Gasteiger partial charge in [-0.3, -0.25) is 9.69 Å². The molecule has 38 heavy (non-hydrogen) atoms. The summed E-state index contributed by atoms with van der Waals surface area (Å²) < 4.78 is 22.5. The number of carbonyl (C=O) groups excluding carboxylic acids is 1. The van der Waals surface area contributed by atoms with Gasteiger partial charge in [-0.15, -0.1) is 0 Å². The third kappa shape index (κ3) is 3.54. The number of fused-ring (bicyclic) bond motifs is 4. The summed E-state index contributed by atoms with van der Waals surface area (Å²) >= 11 is 0. The lowest BCUT2D eigenvalue weighted by Crippen LogP contribution is -2.67. The lowest BCUT2D eigenvalue weighted by atomic mass is 9.56. The molecule has 4 aliphatic rings. The van der Waals surface area contributed by atoms with Crippen LogP contribution >= 0.6 is 0 Å². The van der Waals surface area contributed by atoms with Gasteiger partial charge in [-0.25, -0.2) is 0 Å². The molecule has 3 aliphatic heterocycles. The molecule has 3 fully saturated rings. The number of aromatic nitrogens is 1. The quantitative estimate of drug-likeness (QED) is 0.450. The molecule has 7 rings (SSSR count). The molecule has 202 valence electrons. The van der Waals surface area contributed by atoms with E-state index in [1.54, 1.807) is 28.4 Å². The van der Waals surface area contributed by atoms with Crippen molar-refractivity contribution in [3.63, 3.8) is 0 Å². The zero-order valence-electron chi connectivity index (χ0n) is 23.1. The second-order valence-corrected chi connectivity index (χ2v) is 11.1. The molecule has 1 aliphatic carbocycles. The van der Waals surface area contributed by atoms with E-state index in [0.29, 0.717) is 29.8 Å². The van der Waals surface area contributed by atoms with Gasteiger partial charge in [0.15, 0.2) is 11.5 Å². The minimum atomic E-state index is -0.671. The van der Waals surface area contributed by atoms with Crippen molar-refractivity contribution in [3.05, 3.63) is 52.7 Å². The largest absolute Gasteiger partial charge is 0.496 e. The smallest absolute Gasteiger partial charge is 0.319 e. The highest BCUT2D eigenvalue weighted by Gasteiger charge is 2.62. The van der Waals surface area contributed by atoms with Crippen LogP contribution in [0.3, 0.4) is 0 Å². The van der Waals surface area contributed by atoms with Gasteiger partial charge in [0.05, 0.1) is 28.4 Å². The van der Waals surface area contributed by atoms with Crippen molar-refractivity contribution in [1.82, 2.24) is 9.88 Å². The van der Waals surface area contributed by atoms with Crippen LogP contribution in [0.4, 0.5) is 0 Å². The van der Waals surface area contributed by atoms with Crippen molar-refractivity contribution in [2.24, 2.45) is 11.8 Å². The van der Waals surface area contributed by atoms with Crippen LogP contribution in [0, 0.1) is 11.8 Å². The van der Waals surface area contributed by atoms with E-state index in [1.807, 2.05) is 18.2 Å². The van der Waals surface area contributed by atoms with E-state index in [-0.39, 0.29) is 12.0 Å². The number of piperidine rings is 2. The Kier molecular flexibility index (Phi) is 6.29. The van der Waals surface area contributed by atoms with E-state index in [4.69, 9.17) is 18.9 Å². The number of rotatable bonds is 7. The van der Waals surface area contributed by atoms with E-state index >= 15 is 0 Å². The number of hydrogen-bond donors (Lipinski definition) is 1. The van der Waals surface area contributed by atoms with Crippen molar-refractivity contribution in [1.29, 1.82) is 0 Å². The third-order valence-electron chi connectivity index (χ3n) is 9.44. The van der Waals surface area contributed by atoms with Gasteiger partial charge in [-0.05, 0) is 66.5 Å². The number of carbonyl (C=O) groups is 1. The van der Waals surface area contributed by atoms with E-state index in [1.165, 1.54) is 17.4 Å². The number of methoxy groups -OCH3 is 4. The number of benzene rings is 2. The molecule has 1 N–H and O–H groups in total. The molecule has 2 saturated heterocycles. The average molecular weight is 519 g/mol. The fourth-order valence-corrected chi connectivity index (χ4v) is 8.03. The summed E-state index contributed by atoms with van der Waals surface area (Å²) in [6, 6.07) is 10.3. The summed E-state index contributed by atoms with van der Waals surface area (Å²) in [5.74, 6) is 3.15.